The molecule has 1 spiro atoms. The third-order valence-corrected chi connectivity index (χ3v) is 5.72. The van der Waals surface area contributed by atoms with E-state index >= 15 is 0 Å². The second-order valence-corrected chi connectivity index (χ2v) is 6.98. The zero-order valence-electron chi connectivity index (χ0n) is 14.3. The highest BCUT2D eigenvalue weighted by Crippen LogP contribution is 2.40. The van der Waals surface area contributed by atoms with E-state index in [9.17, 15) is 0 Å². The van der Waals surface area contributed by atoms with Crippen molar-refractivity contribution in [1.29, 1.82) is 0 Å². The minimum Gasteiger partial charge on any atom is -0.465 e. The zero-order chi connectivity index (χ0) is 15.6. The van der Waals surface area contributed by atoms with Crippen molar-refractivity contribution in [2.75, 3.05) is 33.4 Å². The molecular weight excluding hydrogens is 276 g/mol. The molecule has 4 nitrogen and oxygen atoms in total. The molecule has 0 bridgehead atoms. The molecule has 3 heterocycles. The number of piperidine rings is 1. The van der Waals surface area contributed by atoms with Crippen LogP contribution in [0.2, 0.25) is 0 Å². The maximum absolute atomic E-state index is 5.72. The third-order valence-electron chi connectivity index (χ3n) is 5.72. The Kier molecular flexibility index (Phi) is 4.91. The predicted molar refractivity (Wildman–Crippen MR) is 88.0 cm³/mol. The first kappa shape index (κ1) is 16.0. The van der Waals surface area contributed by atoms with Crippen LogP contribution in [-0.4, -0.2) is 54.7 Å². The van der Waals surface area contributed by atoms with E-state index in [1.54, 1.807) is 0 Å². The van der Waals surface area contributed by atoms with Crippen LogP contribution in [-0.2, 0) is 11.3 Å². The van der Waals surface area contributed by atoms with Gasteiger partial charge in [0.1, 0.15) is 11.5 Å². The molecule has 1 atom stereocenters. The molecule has 3 rings (SSSR count). The van der Waals surface area contributed by atoms with E-state index in [1.165, 1.54) is 38.8 Å². The normalized spacial score (nSPS) is 26.0. The molecule has 2 fully saturated rings. The van der Waals surface area contributed by atoms with Crippen molar-refractivity contribution in [3.05, 3.63) is 23.7 Å². The monoisotopic (exact) mass is 306 g/mol. The first-order valence-corrected chi connectivity index (χ1v) is 8.71. The zero-order valence-corrected chi connectivity index (χ0v) is 14.3. The van der Waals surface area contributed by atoms with Crippen LogP contribution in [0, 0.1) is 6.92 Å². The van der Waals surface area contributed by atoms with Crippen molar-refractivity contribution in [3.8, 4) is 0 Å². The second kappa shape index (κ2) is 6.73. The molecule has 2 aliphatic rings. The van der Waals surface area contributed by atoms with Crippen LogP contribution in [0.5, 0.6) is 0 Å². The van der Waals surface area contributed by atoms with Gasteiger partial charge in [-0.2, -0.15) is 0 Å². The summed E-state index contributed by atoms with van der Waals surface area (Å²) in [6, 6.07) is 4.78. The average Bonchev–Trinajstić information content (AvgIpc) is 3.05. The molecular formula is C18H30N2O2. The lowest BCUT2D eigenvalue weighted by Gasteiger charge is -2.45. The molecule has 0 radical (unpaired) electrons. The Bertz CT molecular complexity index is 477. The Hall–Kier alpha value is -0.840. The molecule has 0 saturated carbocycles. The molecule has 0 unspecified atom stereocenters. The molecule has 0 aliphatic carbocycles. The summed E-state index contributed by atoms with van der Waals surface area (Å²) in [6.07, 6.45) is 5.15. The number of hydrogen-bond donors (Lipinski definition) is 0. The van der Waals surface area contributed by atoms with Crippen molar-refractivity contribution in [1.82, 2.24) is 9.80 Å². The SMILES string of the molecule is CCOC[C@@H]1CCC2(CCN(Cc3ccc(C)o3)CC2)N1C. The van der Waals surface area contributed by atoms with Gasteiger partial charge in [-0.3, -0.25) is 9.80 Å². The average molecular weight is 306 g/mol. The summed E-state index contributed by atoms with van der Waals surface area (Å²) in [6.45, 7) is 9.12. The minimum atomic E-state index is 0.414. The fraction of sp³-hybridized carbons (Fsp3) is 0.778. The van der Waals surface area contributed by atoms with Crippen LogP contribution >= 0.6 is 0 Å². The molecule has 1 aromatic rings. The van der Waals surface area contributed by atoms with Crippen molar-refractivity contribution in [2.24, 2.45) is 0 Å². The van der Waals surface area contributed by atoms with Gasteiger partial charge in [-0.25, -0.2) is 0 Å². The fourth-order valence-electron chi connectivity index (χ4n) is 4.16. The van der Waals surface area contributed by atoms with E-state index in [1.807, 2.05) is 6.92 Å². The summed E-state index contributed by atoms with van der Waals surface area (Å²) in [7, 11) is 2.31. The van der Waals surface area contributed by atoms with E-state index in [4.69, 9.17) is 9.15 Å². The van der Waals surface area contributed by atoms with E-state index in [0.29, 0.717) is 11.6 Å². The molecule has 0 aromatic carbocycles. The lowest BCUT2D eigenvalue weighted by molar-refractivity contribution is 0.0193. The Labute approximate surface area is 134 Å². The summed E-state index contributed by atoms with van der Waals surface area (Å²) in [5, 5.41) is 0. The van der Waals surface area contributed by atoms with Gasteiger partial charge in [0.2, 0.25) is 0 Å². The van der Waals surface area contributed by atoms with Crippen LogP contribution in [0.3, 0.4) is 0 Å². The van der Waals surface area contributed by atoms with Crippen molar-refractivity contribution >= 4 is 0 Å². The summed E-state index contributed by atoms with van der Waals surface area (Å²) >= 11 is 0. The summed E-state index contributed by atoms with van der Waals surface area (Å²) in [4.78, 5) is 5.16. The highest BCUT2D eigenvalue weighted by molar-refractivity contribution is 5.07. The number of rotatable bonds is 5. The minimum absolute atomic E-state index is 0.414. The Morgan fingerprint density at radius 1 is 1.27 bits per heavy atom. The molecule has 0 N–H and O–H groups in total. The highest BCUT2D eigenvalue weighted by atomic mass is 16.5. The number of likely N-dealkylation sites (N-methyl/N-ethyl adjacent to an activating group) is 1. The van der Waals surface area contributed by atoms with Gasteiger partial charge < -0.3 is 9.15 Å². The molecule has 2 aliphatic heterocycles. The number of likely N-dealkylation sites (tertiary alicyclic amines) is 2. The number of nitrogens with zero attached hydrogens (tertiary/aromatic N) is 2. The largest absolute Gasteiger partial charge is 0.465 e. The van der Waals surface area contributed by atoms with Crippen LogP contribution in [0.15, 0.2) is 16.5 Å². The summed E-state index contributed by atoms with van der Waals surface area (Å²) < 4.78 is 11.4. The number of furan rings is 1. The van der Waals surface area contributed by atoms with Gasteiger partial charge in [0.05, 0.1) is 13.2 Å². The first-order valence-electron chi connectivity index (χ1n) is 8.71. The maximum Gasteiger partial charge on any atom is 0.118 e. The fourth-order valence-corrected chi connectivity index (χ4v) is 4.16. The van der Waals surface area contributed by atoms with Gasteiger partial charge >= 0.3 is 0 Å². The van der Waals surface area contributed by atoms with Crippen LogP contribution in [0.1, 0.15) is 44.1 Å². The van der Waals surface area contributed by atoms with Crippen molar-refractivity contribution in [2.45, 2.75) is 57.7 Å². The van der Waals surface area contributed by atoms with Gasteiger partial charge in [0.15, 0.2) is 0 Å². The Balaban J connectivity index is 1.52. The number of aryl methyl sites for hydroxylation is 1. The van der Waals surface area contributed by atoms with E-state index in [0.717, 1.165) is 31.3 Å². The van der Waals surface area contributed by atoms with Gasteiger partial charge in [-0.15, -0.1) is 0 Å². The first-order chi connectivity index (χ1) is 10.6. The molecule has 2 saturated heterocycles. The van der Waals surface area contributed by atoms with Crippen molar-refractivity contribution < 1.29 is 9.15 Å². The van der Waals surface area contributed by atoms with Crippen molar-refractivity contribution in [3.63, 3.8) is 0 Å². The predicted octanol–water partition coefficient (Wildman–Crippen LogP) is 3.05. The molecule has 0 amide bonds. The lowest BCUT2D eigenvalue weighted by Crippen LogP contribution is -2.52. The highest BCUT2D eigenvalue weighted by Gasteiger charge is 2.45. The molecule has 22 heavy (non-hydrogen) atoms. The van der Waals surface area contributed by atoms with Crippen LogP contribution in [0.25, 0.3) is 0 Å². The van der Waals surface area contributed by atoms with Gasteiger partial charge in [-0.05, 0) is 58.7 Å². The maximum atomic E-state index is 5.72. The smallest absolute Gasteiger partial charge is 0.118 e. The number of ether oxygens (including phenoxy) is 1. The molecule has 1 aromatic heterocycles. The topological polar surface area (TPSA) is 28.9 Å². The molecule has 124 valence electrons. The van der Waals surface area contributed by atoms with Crippen LogP contribution in [0.4, 0.5) is 0 Å². The Morgan fingerprint density at radius 3 is 2.68 bits per heavy atom. The Morgan fingerprint density at radius 2 is 2.05 bits per heavy atom. The third kappa shape index (κ3) is 3.24. The summed E-state index contributed by atoms with van der Waals surface area (Å²) in [5.41, 5.74) is 0.414. The van der Waals surface area contributed by atoms with Gasteiger partial charge in [0, 0.05) is 31.3 Å². The quantitative estimate of drug-likeness (QED) is 0.836. The van der Waals surface area contributed by atoms with Gasteiger partial charge in [-0.1, -0.05) is 0 Å². The number of hydrogen-bond acceptors (Lipinski definition) is 4. The second-order valence-electron chi connectivity index (χ2n) is 6.98. The van der Waals surface area contributed by atoms with E-state index in [-0.39, 0.29) is 0 Å². The lowest BCUT2D eigenvalue weighted by atomic mass is 9.85. The molecule has 4 heteroatoms. The summed E-state index contributed by atoms with van der Waals surface area (Å²) in [5.74, 6) is 2.11. The van der Waals surface area contributed by atoms with E-state index in [2.05, 4.69) is 35.9 Å². The standard InChI is InChI=1S/C18H30N2O2/c1-4-21-14-16-7-8-18(19(16)3)9-11-20(12-10-18)13-17-6-5-15(2)22-17/h5-6,16H,4,7-14H2,1-3H3/t16-/m0/s1. The van der Waals surface area contributed by atoms with Gasteiger partial charge in [0.25, 0.3) is 0 Å². The van der Waals surface area contributed by atoms with Crippen LogP contribution < -0.4 is 0 Å². The van der Waals surface area contributed by atoms with E-state index < -0.39 is 0 Å².